The predicted octanol–water partition coefficient (Wildman–Crippen LogP) is 2.33. The number of carboxylic acids is 1. The molecular formula is C12H16O3. The van der Waals surface area contributed by atoms with Crippen LogP contribution in [0, 0.1) is 5.92 Å². The average molecular weight is 208 g/mol. The fourth-order valence-corrected chi connectivity index (χ4v) is 1.99. The molecule has 82 valence electrons. The SMILES string of the molecule is C=CCC1=C(C)C(C(=O)O)CCCC1=O. The van der Waals surface area contributed by atoms with E-state index in [4.69, 9.17) is 5.11 Å². The van der Waals surface area contributed by atoms with E-state index < -0.39 is 11.9 Å². The summed E-state index contributed by atoms with van der Waals surface area (Å²) in [7, 11) is 0. The molecule has 1 unspecified atom stereocenters. The van der Waals surface area contributed by atoms with Crippen molar-refractivity contribution in [2.75, 3.05) is 0 Å². The van der Waals surface area contributed by atoms with Gasteiger partial charge in [0, 0.05) is 6.42 Å². The van der Waals surface area contributed by atoms with Gasteiger partial charge in [0.1, 0.15) is 0 Å². The van der Waals surface area contributed by atoms with E-state index >= 15 is 0 Å². The Morgan fingerprint density at radius 3 is 2.87 bits per heavy atom. The van der Waals surface area contributed by atoms with Crippen molar-refractivity contribution in [2.45, 2.75) is 32.6 Å². The molecular weight excluding hydrogens is 192 g/mol. The molecule has 1 aliphatic carbocycles. The van der Waals surface area contributed by atoms with Crippen molar-refractivity contribution in [1.82, 2.24) is 0 Å². The van der Waals surface area contributed by atoms with Gasteiger partial charge in [-0.15, -0.1) is 6.58 Å². The number of carboxylic acid groups (broad SMARTS) is 1. The third-order valence-electron chi connectivity index (χ3n) is 2.88. The third-order valence-corrected chi connectivity index (χ3v) is 2.88. The topological polar surface area (TPSA) is 54.4 Å². The minimum atomic E-state index is -0.830. The molecule has 0 saturated heterocycles. The van der Waals surface area contributed by atoms with Gasteiger partial charge < -0.3 is 5.11 Å². The lowest BCUT2D eigenvalue weighted by molar-refractivity contribution is -0.140. The van der Waals surface area contributed by atoms with Crippen LogP contribution in [0.3, 0.4) is 0 Å². The lowest BCUT2D eigenvalue weighted by Gasteiger charge is -2.12. The zero-order valence-corrected chi connectivity index (χ0v) is 8.95. The van der Waals surface area contributed by atoms with Crippen molar-refractivity contribution in [3.8, 4) is 0 Å². The van der Waals surface area contributed by atoms with Crippen LogP contribution in [-0.2, 0) is 9.59 Å². The normalized spacial score (nSPS) is 22.5. The fraction of sp³-hybridized carbons (Fsp3) is 0.500. The summed E-state index contributed by atoms with van der Waals surface area (Å²) in [5, 5.41) is 9.03. The molecule has 0 bridgehead atoms. The van der Waals surface area contributed by atoms with Crippen LogP contribution < -0.4 is 0 Å². The van der Waals surface area contributed by atoms with Crippen LogP contribution in [0.4, 0.5) is 0 Å². The molecule has 1 aliphatic rings. The van der Waals surface area contributed by atoms with E-state index in [2.05, 4.69) is 6.58 Å². The van der Waals surface area contributed by atoms with Gasteiger partial charge in [-0.25, -0.2) is 0 Å². The van der Waals surface area contributed by atoms with Gasteiger partial charge in [-0.1, -0.05) is 11.6 Å². The molecule has 0 fully saturated rings. The molecule has 3 heteroatoms. The zero-order valence-electron chi connectivity index (χ0n) is 8.95. The van der Waals surface area contributed by atoms with Crippen LogP contribution in [-0.4, -0.2) is 16.9 Å². The van der Waals surface area contributed by atoms with Crippen molar-refractivity contribution in [3.63, 3.8) is 0 Å². The monoisotopic (exact) mass is 208 g/mol. The maximum Gasteiger partial charge on any atom is 0.310 e. The molecule has 0 saturated carbocycles. The third kappa shape index (κ3) is 2.55. The van der Waals surface area contributed by atoms with Gasteiger partial charge in [0.15, 0.2) is 5.78 Å². The molecule has 1 rings (SSSR count). The second kappa shape index (κ2) is 4.91. The minimum Gasteiger partial charge on any atom is -0.481 e. The Balaban J connectivity index is 3.08. The van der Waals surface area contributed by atoms with Gasteiger partial charge in [-0.3, -0.25) is 9.59 Å². The maximum absolute atomic E-state index is 11.7. The van der Waals surface area contributed by atoms with Crippen LogP contribution in [0.25, 0.3) is 0 Å². The Kier molecular flexibility index (Phi) is 3.83. The second-order valence-electron chi connectivity index (χ2n) is 3.86. The van der Waals surface area contributed by atoms with Crippen LogP contribution in [0.1, 0.15) is 32.6 Å². The fourth-order valence-electron chi connectivity index (χ4n) is 1.99. The first kappa shape index (κ1) is 11.7. The maximum atomic E-state index is 11.7. The summed E-state index contributed by atoms with van der Waals surface area (Å²) in [5.41, 5.74) is 1.36. The number of carbonyl (C=O) groups is 2. The Morgan fingerprint density at radius 2 is 2.33 bits per heavy atom. The molecule has 0 aromatic carbocycles. The van der Waals surface area contributed by atoms with Gasteiger partial charge in [0.25, 0.3) is 0 Å². The molecule has 1 atom stereocenters. The van der Waals surface area contributed by atoms with E-state index in [9.17, 15) is 9.59 Å². The number of aliphatic carboxylic acids is 1. The van der Waals surface area contributed by atoms with E-state index in [1.165, 1.54) is 0 Å². The number of allylic oxidation sites excluding steroid dienone is 2. The number of carbonyl (C=O) groups excluding carboxylic acids is 1. The van der Waals surface area contributed by atoms with Gasteiger partial charge in [-0.05, 0) is 31.8 Å². The first-order chi connectivity index (χ1) is 7.07. The molecule has 0 aliphatic heterocycles. The molecule has 0 heterocycles. The smallest absolute Gasteiger partial charge is 0.310 e. The molecule has 1 N–H and O–H groups in total. The van der Waals surface area contributed by atoms with E-state index in [1.54, 1.807) is 13.0 Å². The summed E-state index contributed by atoms with van der Waals surface area (Å²) in [6.07, 6.45) is 3.82. The second-order valence-corrected chi connectivity index (χ2v) is 3.86. The standard InChI is InChI=1S/C12H16O3/c1-3-5-9-8(2)10(12(14)15)6-4-7-11(9)13/h3,10H,1,4-7H2,2H3,(H,14,15). The molecule has 0 spiro atoms. The largest absolute Gasteiger partial charge is 0.481 e. The number of rotatable bonds is 3. The summed E-state index contributed by atoms with van der Waals surface area (Å²) in [6.45, 7) is 5.34. The quantitative estimate of drug-likeness (QED) is 0.724. The first-order valence-electron chi connectivity index (χ1n) is 5.14. The Labute approximate surface area is 89.5 Å². The van der Waals surface area contributed by atoms with Crippen molar-refractivity contribution in [1.29, 1.82) is 0 Å². The average Bonchev–Trinajstić information content (AvgIpc) is 2.30. The van der Waals surface area contributed by atoms with Crippen molar-refractivity contribution >= 4 is 11.8 Å². The molecule has 0 radical (unpaired) electrons. The highest BCUT2D eigenvalue weighted by molar-refractivity contribution is 5.97. The van der Waals surface area contributed by atoms with Crippen molar-refractivity contribution in [3.05, 3.63) is 23.8 Å². The van der Waals surface area contributed by atoms with E-state index in [0.717, 1.165) is 0 Å². The lowest BCUT2D eigenvalue weighted by atomic mass is 9.92. The van der Waals surface area contributed by atoms with E-state index in [1.807, 2.05) is 0 Å². The van der Waals surface area contributed by atoms with Crippen LogP contribution in [0.5, 0.6) is 0 Å². The highest BCUT2D eigenvalue weighted by Crippen LogP contribution is 2.28. The zero-order chi connectivity index (χ0) is 11.4. The summed E-state index contributed by atoms with van der Waals surface area (Å²) in [4.78, 5) is 22.7. The van der Waals surface area contributed by atoms with Gasteiger partial charge in [0.2, 0.25) is 0 Å². The van der Waals surface area contributed by atoms with E-state index in [0.29, 0.717) is 36.8 Å². The minimum absolute atomic E-state index is 0.0798. The van der Waals surface area contributed by atoms with Crippen LogP contribution in [0.2, 0.25) is 0 Å². The highest BCUT2D eigenvalue weighted by Gasteiger charge is 2.27. The summed E-state index contributed by atoms with van der Waals surface area (Å²) in [5.74, 6) is -1.24. The molecule has 0 aromatic heterocycles. The molecule has 15 heavy (non-hydrogen) atoms. The Hall–Kier alpha value is -1.38. The summed E-state index contributed by atoms with van der Waals surface area (Å²) < 4.78 is 0. The molecule has 0 amide bonds. The van der Waals surface area contributed by atoms with Crippen molar-refractivity contribution in [2.24, 2.45) is 5.92 Å². The summed E-state index contributed by atoms with van der Waals surface area (Å²) >= 11 is 0. The lowest BCUT2D eigenvalue weighted by Crippen LogP contribution is -2.15. The Bertz CT molecular complexity index is 326. The van der Waals surface area contributed by atoms with Gasteiger partial charge >= 0.3 is 5.97 Å². The Morgan fingerprint density at radius 1 is 1.67 bits per heavy atom. The van der Waals surface area contributed by atoms with Crippen LogP contribution in [0.15, 0.2) is 23.8 Å². The highest BCUT2D eigenvalue weighted by atomic mass is 16.4. The first-order valence-corrected chi connectivity index (χ1v) is 5.14. The van der Waals surface area contributed by atoms with Gasteiger partial charge in [-0.2, -0.15) is 0 Å². The van der Waals surface area contributed by atoms with Gasteiger partial charge in [0.05, 0.1) is 5.92 Å². The number of hydrogen-bond donors (Lipinski definition) is 1. The number of ketones is 1. The van der Waals surface area contributed by atoms with Crippen molar-refractivity contribution < 1.29 is 14.7 Å². The molecule has 0 aromatic rings. The predicted molar refractivity (Wildman–Crippen MR) is 57.5 cm³/mol. The number of hydrogen-bond acceptors (Lipinski definition) is 2. The van der Waals surface area contributed by atoms with E-state index in [-0.39, 0.29) is 5.78 Å². The molecule has 3 nitrogen and oxygen atoms in total. The summed E-state index contributed by atoms with van der Waals surface area (Å²) in [6, 6.07) is 0. The van der Waals surface area contributed by atoms with Crippen LogP contribution >= 0.6 is 0 Å². The number of Topliss-reactive ketones (excluding diaryl/α,β-unsaturated/α-hetero) is 1.